The van der Waals surface area contributed by atoms with Crippen molar-refractivity contribution in [2.45, 2.75) is 19.6 Å². The SMILES string of the molecule is COc1ccc(CNCCCN(C)C)cc1OCc1ccccc1. The molecule has 0 aromatic heterocycles. The van der Waals surface area contributed by atoms with Crippen molar-refractivity contribution < 1.29 is 9.47 Å². The Morgan fingerprint density at radius 1 is 0.958 bits per heavy atom. The van der Waals surface area contributed by atoms with E-state index in [4.69, 9.17) is 9.47 Å². The van der Waals surface area contributed by atoms with E-state index in [1.165, 1.54) is 5.56 Å². The molecule has 2 rings (SSSR count). The lowest BCUT2D eigenvalue weighted by Gasteiger charge is -2.13. The highest BCUT2D eigenvalue weighted by molar-refractivity contribution is 5.43. The molecule has 1 N–H and O–H groups in total. The molecule has 24 heavy (non-hydrogen) atoms. The van der Waals surface area contributed by atoms with E-state index in [0.29, 0.717) is 6.61 Å². The first-order valence-electron chi connectivity index (χ1n) is 8.38. The maximum Gasteiger partial charge on any atom is 0.161 e. The van der Waals surface area contributed by atoms with Gasteiger partial charge in [-0.2, -0.15) is 0 Å². The van der Waals surface area contributed by atoms with Crippen LogP contribution in [0.25, 0.3) is 0 Å². The molecule has 0 radical (unpaired) electrons. The van der Waals surface area contributed by atoms with Gasteiger partial charge >= 0.3 is 0 Å². The van der Waals surface area contributed by atoms with E-state index in [9.17, 15) is 0 Å². The Labute approximate surface area is 145 Å². The number of ether oxygens (including phenoxy) is 2. The molecule has 0 bridgehead atoms. The van der Waals surface area contributed by atoms with Crippen molar-refractivity contribution in [3.8, 4) is 11.5 Å². The van der Waals surface area contributed by atoms with Gasteiger partial charge in [-0.1, -0.05) is 36.4 Å². The Kier molecular flexibility index (Phi) is 7.59. The summed E-state index contributed by atoms with van der Waals surface area (Å²) in [7, 11) is 5.86. The molecule has 0 heterocycles. The molecular formula is C20H28N2O2. The summed E-state index contributed by atoms with van der Waals surface area (Å²) in [6.07, 6.45) is 1.14. The molecule has 0 amide bonds. The predicted octanol–water partition coefficient (Wildman–Crippen LogP) is 3.32. The third kappa shape index (κ3) is 6.22. The van der Waals surface area contributed by atoms with Crippen LogP contribution in [-0.2, 0) is 13.2 Å². The molecule has 0 atom stereocenters. The van der Waals surface area contributed by atoms with E-state index < -0.39 is 0 Å². The van der Waals surface area contributed by atoms with Gasteiger partial charge in [0, 0.05) is 6.54 Å². The Morgan fingerprint density at radius 2 is 1.75 bits per heavy atom. The molecule has 0 spiro atoms. The smallest absolute Gasteiger partial charge is 0.161 e. The maximum absolute atomic E-state index is 5.95. The van der Waals surface area contributed by atoms with Crippen molar-refractivity contribution in [3.63, 3.8) is 0 Å². The molecule has 0 aliphatic rings. The zero-order valence-electron chi connectivity index (χ0n) is 14.9. The van der Waals surface area contributed by atoms with Crippen molar-refractivity contribution in [1.82, 2.24) is 10.2 Å². The maximum atomic E-state index is 5.95. The molecule has 0 saturated carbocycles. The fraction of sp³-hybridized carbons (Fsp3) is 0.400. The van der Waals surface area contributed by atoms with Crippen LogP contribution < -0.4 is 14.8 Å². The average molecular weight is 328 g/mol. The summed E-state index contributed by atoms with van der Waals surface area (Å²) < 4.78 is 11.4. The molecule has 0 fully saturated rings. The lowest BCUT2D eigenvalue weighted by atomic mass is 10.2. The summed E-state index contributed by atoms with van der Waals surface area (Å²) >= 11 is 0. The van der Waals surface area contributed by atoms with E-state index in [2.05, 4.69) is 48.6 Å². The molecule has 0 aliphatic heterocycles. The summed E-state index contributed by atoms with van der Waals surface area (Å²) in [5, 5.41) is 3.47. The van der Waals surface area contributed by atoms with Crippen LogP contribution in [0.4, 0.5) is 0 Å². The number of rotatable bonds is 10. The van der Waals surface area contributed by atoms with Gasteiger partial charge in [0.25, 0.3) is 0 Å². The van der Waals surface area contributed by atoms with Gasteiger partial charge in [0.1, 0.15) is 6.61 Å². The van der Waals surface area contributed by atoms with Crippen LogP contribution in [0.15, 0.2) is 48.5 Å². The fourth-order valence-corrected chi connectivity index (χ4v) is 2.43. The van der Waals surface area contributed by atoms with Gasteiger partial charge in [0.15, 0.2) is 11.5 Å². The molecular weight excluding hydrogens is 300 g/mol. The van der Waals surface area contributed by atoms with Gasteiger partial charge in [-0.05, 0) is 56.9 Å². The van der Waals surface area contributed by atoms with Crippen LogP contribution in [0.2, 0.25) is 0 Å². The van der Waals surface area contributed by atoms with Crippen LogP contribution in [-0.4, -0.2) is 39.2 Å². The zero-order valence-corrected chi connectivity index (χ0v) is 14.9. The number of benzene rings is 2. The van der Waals surface area contributed by atoms with Gasteiger partial charge < -0.3 is 19.7 Å². The largest absolute Gasteiger partial charge is 0.493 e. The highest BCUT2D eigenvalue weighted by Crippen LogP contribution is 2.28. The highest BCUT2D eigenvalue weighted by Gasteiger charge is 2.06. The number of methoxy groups -OCH3 is 1. The molecule has 4 heteroatoms. The van der Waals surface area contributed by atoms with Crippen molar-refractivity contribution in [3.05, 3.63) is 59.7 Å². The van der Waals surface area contributed by atoms with Crippen LogP contribution in [0, 0.1) is 0 Å². The minimum Gasteiger partial charge on any atom is -0.493 e. The Morgan fingerprint density at radius 3 is 2.46 bits per heavy atom. The first-order valence-corrected chi connectivity index (χ1v) is 8.38. The van der Waals surface area contributed by atoms with E-state index in [-0.39, 0.29) is 0 Å². The van der Waals surface area contributed by atoms with Gasteiger partial charge in [0.2, 0.25) is 0 Å². The van der Waals surface area contributed by atoms with E-state index in [1.807, 2.05) is 24.3 Å². The Bertz CT molecular complexity index is 600. The van der Waals surface area contributed by atoms with Gasteiger partial charge in [-0.15, -0.1) is 0 Å². The van der Waals surface area contributed by atoms with E-state index in [0.717, 1.165) is 43.1 Å². The lowest BCUT2D eigenvalue weighted by Crippen LogP contribution is -2.21. The van der Waals surface area contributed by atoms with Gasteiger partial charge in [-0.3, -0.25) is 0 Å². The average Bonchev–Trinajstić information content (AvgIpc) is 2.60. The second kappa shape index (κ2) is 9.96. The standard InChI is InChI=1S/C20H28N2O2/c1-22(2)13-7-12-21-15-18-10-11-19(23-3)20(14-18)24-16-17-8-5-4-6-9-17/h4-6,8-11,14,21H,7,12-13,15-16H2,1-3H3. The Hall–Kier alpha value is -2.04. The molecule has 2 aromatic rings. The van der Waals surface area contributed by atoms with Crippen LogP contribution in [0.3, 0.4) is 0 Å². The van der Waals surface area contributed by atoms with Crippen LogP contribution >= 0.6 is 0 Å². The molecule has 2 aromatic carbocycles. The van der Waals surface area contributed by atoms with Crippen molar-refractivity contribution >= 4 is 0 Å². The van der Waals surface area contributed by atoms with E-state index >= 15 is 0 Å². The lowest BCUT2D eigenvalue weighted by molar-refractivity contribution is 0.284. The zero-order chi connectivity index (χ0) is 17.2. The molecule has 4 nitrogen and oxygen atoms in total. The van der Waals surface area contributed by atoms with Crippen molar-refractivity contribution in [1.29, 1.82) is 0 Å². The number of hydrogen-bond donors (Lipinski definition) is 1. The Balaban J connectivity index is 1.89. The molecule has 0 unspecified atom stereocenters. The van der Waals surface area contributed by atoms with Crippen LogP contribution in [0.1, 0.15) is 17.5 Å². The second-order valence-electron chi connectivity index (χ2n) is 6.09. The van der Waals surface area contributed by atoms with Crippen molar-refractivity contribution in [2.24, 2.45) is 0 Å². The second-order valence-corrected chi connectivity index (χ2v) is 6.09. The molecule has 130 valence electrons. The number of nitrogens with zero attached hydrogens (tertiary/aromatic N) is 1. The molecule has 0 saturated heterocycles. The van der Waals surface area contributed by atoms with Gasteiger partial charge in [-0.25, -0.2) is 0 Å². The topological polar surface area (TPSA) is 33.7 Å². The minimum atomic E-state index is 0.539. The van der Waals surface area contributed by atoms with Crippen LogP contribution in [0.5, 0.6) is 11.5 Å². The summed E-state index contributed by atoms with van der Waals surface area (Å²) in [6, 6.07) is 16.3. The minimum absolute atomic E-state index is 0.539. The quantitative estimate of drug-likeness (QED) is 0.679. The summed E-state index contributed by atoms with van der Waals surface area (Å²) in [4.78, 5) is 2.20. The first kappa shape index (κ1) is 18.3. The summed E-state index contributed by atoms with van der Waals surface area (Å²) in [5.41, 5.74) is 2.34. The van der Waals surface area contributed by atoms with E-state index in [1.54, 1.807) is 7.11 Å². The molecule has 0 aliphatic carbocycles. The third-order valence-corrected chi connectivity index (χ3v) is 3.75. The predicted molar refractivity (Wildman–Crippen MR) is 98.6 cm³/mol. The monoisotopic (exact) mass is 328 g/mol. The number of nitrogens with one attached hydrogen (secondary N) is 1. The number of hydrogen-bond acceptors (Lipinski definition) is 4. The van der Waals surface area contributed by atoms with Crippen molar-refractivity contribution in [2.75, 3.05) is 34.3 Å². The fourth-order valence-electron chi connectivity index (χ4n) is 2.43. The van der Waals surface area contributed by atoms with Gasteiger partial charge in [0.05, 0.1) is 7.11 Å². The normalized spacial score (nSPS) is 10.8. The third-order valence-electron chi connectivity index (χ3n) is 3.75. The first-order chi connectivity index (χ1) is 11.7. The highest BCUT2D eigenvalue weighted by atomic mass is 16.5. The summed E-state index contributed by atoms with van der Waals surface area (Å²) in [5.74, 6) is 1.55. The summed E-state index contributed by atoms with van der Waals surface area (Å²) in [6.45, 7) is 3.47.